The fraction of sp³-hybridized carbons (Fsp3) is 0.440. The average molecular weight is 423 g/mol. The Kier molecular flexibility index (Phi) is 7.82. The molecular weight excluding hydrogens is 388 g/mol. The van der Waals surface area contributed by atoms with Gasteiger partial charge in [-0.05, 0) is 56.0 Å². The smallest absolute Gasteiger partial charge is 0.241 e. The van der Waals surface area contributed by atoms with Gasteiger partial charge >= 0.3 is 0 Å². The molecule has 31 heavy (non-hydrogen) atoms. The molecule has 1 atom stereocenters. The number of carbonyl (C=O) groups is 2. The predicted octanol–water partition coefficient (Wildman–Crippen LogP) is 3.45. The van der Waals surface area contributed by atoms with Crippen LogP contribution in [0, 0.1) is 13.8 Å². The molecule has 2 aromatic carbocycles. The van der Waals surface area contributed by atoms with Crippen LogP contribution in [0.15, 0.2) is 42.5 Å². The molecule has 1 fully saturated rings. The number of rotatable bonds is 7. The summed E-state index contributed by atoms with van der Waals surface area (Å²) in [7, 11) is 0. The molecule has 0 spiro atoms. The maximum Gasteiger partial charge on any atom is 0.241 e. The molecule has 0 radical (unpaired) electrons. The number of para-hydroxylation sites is 1. The molecule has 0 bridgehead atoms. The van der Waals surface area contributed by atoms with Crippen LogP contribution >= 0.6 is 0 Å². The van der Waals surface area contributed by atoms with E-state index in [1.165, 1.54) is 5.56 Å². The Hall–Kier alpha value is -2.70. The van der Waals surface area contributed by atoms with Gasteiger partial charge in [-0.3, -0.25) is 19.4 Å². The van der Waals surface area contributed by atoms with E-state index < -0.39 is 0 Å². The van der Waals surface area contributed by atoms with Gasteiger partial charge < -0.3 is 10.6 Å². The standard InChI is InChI=1S/C25H34N4O2/c1-5-21-9-11-22(12-10-21)26-25(31)20(4)29-15-13-28(14-16-29)17-23(30)27-24-18(2)7-6-8-19(24)3/h6-12,20H,5,13-17H2,1-4H3,(H,26,31)(H,27,30). The van der Waals surface area contributed by atoms with Crippen molar-refractivity contribution >= 4 is 23.2 Å². The molecule has 6 heteroatoms. The Morgan fingerprint density at radius 3 is 2.13 bits per heavy atom. The molecule has 0 aromatic heterocycles. The molecule has 166 valence electrons. The minimum atomic E-state index is -0.212. The molecule has 3 rings (SSSR count). The fourth-order valence-electron chi connectivity index (χ4n) is 3.94. The number of nitrogens with zero attached hydrogens (tertiary/aromatic N) is 2. The van der Waals surface area contributed by atoms with Gasteiger partial charge in [-0.15, -0.1) is 0 Å². The first-order valence-electron chi connectivity index (χ1n) is 11.1. The molecule has 2 aromatic rings. The number of benzene rings is 2. The van der Waals surface area contributed by atoms with E-state index >= 15 is 0 Å². The van der Waals surface area contributed by atoms with Crippen molar-refractivity contribution in [2.75, 3.05) is 43.4 Å². The minimum absolute atomic E-state index is 0.00506. The summed E-state index contributed by atoms with van der Waals surface area (Å²) in [6.45, 7) is 11.5. The van der Waals surface area contributed by atoms with Crippen LogP contribution in [0.4, 0.5) is 11.4 Å². The van der Waals surface area contributed by atoms with Crippen molar-refractivity contribution in [1.82, 2.24) is 9.80 Å². The molecule has 0 saturated carbocycles. The summed E-state index contributed by atoms with van der Waals surface area (Å²) in [5, 5.41) is 6.07. The van der Waals surface area contributed by atoms with E-state index in [1.54, 1.807) is 0 Å². The van der Waals surface area contributed by atoms with Crippen LogP contribution in [-0.2, 0) is 16.0 Å². The number of carbonyl (C=O) groups excluding carboxylic acids is 2. The largest absolute Gasteiger partial charge is 0.325 e. The van der Waals surface area contributed by atoms with E-state index in [0.29, 0.717) is 6.54 Å². The van der Waals surface area contributed by atoms with Crippen LogP contribution in [-0.4, -0.2) is 60.4 Å². The second-order valence-electron chi connectivity index (χ2n) is 8.34. The average Bonchev–Trinajstić information content (AvgIpc) is 2.77. The van der Waals surface area contributed by atoms with Gasteiger partial charge in [0.1, 0.15) is 0 Å². The van der Waals surface area contributed by atoms with Crippen LogP contribution in [0.3, 0.4) is 0 Å². The summed E-state index contributed by atoms with van der Waals surface area (Å²) < 4.78 is 0. The Labute approximate surface area is 185 Å². The molecule has 0 aliphatic carbocycles. The summed E-state index contributed by atoms with van der Waals surface area (Å²) in [4.78, 5) is 29.5. The summed E-state index contributed by atoms with van der Waals surface area (Å²) in [6.07, 6.45) is 0.984. The first-order chi connectivity index (χ1) is 14.9. The maximum atomic E-state index is 12.7. The Balaban J connectivity index is 1.46. The molecule has 2 N–H and O–H groups in total. The molecule has 1 heterocycles. The van der Waals surface area contributed by atoms with Crippen LogP contribution in [0.1, 0.15) is 30.5 Å². The lowest BCUT2D eigenvalue weighted by molar-refractivity contribution is -0.122. The highest BCUT2D eigenvalue weighted by Gasteiger charge is 2.26. The number of piperazine rings is 1. The Morgan fingerprint density at radius 2 is 1.55 bits per heavy atom. The van der Waals surface area contributed by atoms with Crippen LogP contribution in [0.5, 0.6) is 0 Å². The number of nitrogens with one attached hydrogen (secondary N) is 2. The topological polar surface area (TPSA) is 64.7 Å². The van der Waals surface area contributed by atoms with Crippen molar-refractivity contribution < 1.29 is 9.59 Å². The zero-order valence-electron chi connectivity index (χ0n) is 19.1. The second kappa shape index (κ2) is 10.6. The first kappa shape index (κ1) is 23.0. The zero-order chi connectivity index (χ0) is 22.4. The van der Waals surface area contributed by atoms with Crippen molar-refractivity contribution in [3.05, 3.63) is 59.2 Å². The fourth-order valence-corrected chi connectivity index (χ4v) is 3.94. The van der Waals surface area contributed by atoms with Crippen molar-refractivity contribution in [3.63, 3.8) is 0 Å². The second-order valence-corrected chi connectivity index (χ2v) is 8.34. The number of anilines is 2. The minimum Gasteiger partial charge on any atom is -0.325 e. The number of aryl methyl sites for hydroxylation is 3. The van der Waals surface area contributed by atoms with E-state index in [0.717, 1.165) is 55.1 Å². The van der Waals surface area contributed by atoms with Gasteiger partial charge in [0.25, 0.3) is 0 Å². The summed E-state index contributed by atoms with van der Waals surface area (Å²) >= 11 is 0. The molecule has 1 aliphatic rings. The third-order valence-electron chi connectivity index (χ3n) is 6.08. The first-order valence-corrected chi connectivity index (χ1v) is 11.1. The summed E-state index contributed by atoms with van der Waals surface area (Å²) in [5.41, 5.74) is 5.13. The molecule has 1 aliphatic heterocycles. The Morgan fingerprint density at radius 1 is 0.935 bits per heavy atom. The maximum absolute atomic E-state index is 12.7. The lowest BCUT2D eigenvalue weighted by Gasteiger charge is -2.37. The molecule has 2 amide bonds. The van der Waals surface area contributed by atoms with Gasteiger partial charge in [-0.25, -0.2) is 0 Å². The van der Waals surface area contributed by atoms with Crippen LogP contribution in [0.2, 0.25) is 0 Å². The van der Waals surface area contributed by atoms with Gasteiger partial charge in [-0.2, -0.15) is 0 Å². The van der Waals surface area contributed by atoms with Crippen molar-refractivity contribution in [3.8, 4) is 0 Å². The summed E-state index contributed by atoms with van der Waals surface area (Å²) in [6, 6.07) is 13.8. The van der Waals surface area contributed by atoms with E-state index in [1.807, 2.05) is 63.2 Å². The van der Waals surface area contributed by atoms with E-state index in [4.69, 9.17) is 0 Å². The molecule has 1 unspecified atom stereocenters. The van der Waals surface area contributed by atoms with Gasteiger partial charge in [0.2, 0.25) is 11.8 Å². The van der Waals surface area contributed by atoms with Crippen LogP contribution < -0.4 is 10.6 Å². The normalized spacial score (nSPS) is 16.0. The monoisotopic (exact) mass is 422 g/mol. The van der Waals surface area contributed by atoms with Gasteiger partial charge in [0.05, 0.1) is 12.6 Å². The highest BCUT2D eigenvalue weighted by Crippen LogP contribution is 2.19. The number of amides is 2. The highest BCUT2D eigenvalue weighted by molar-refractivity contribution is 5.95. The molecular formula is C25H34N4O2. The number of hydrogen-bond acceptors (Lipinski definition) is 4. The zero-order valence-corrected chi connectivity index (χ0v) is 19.1. The quantitative estimate of drug-likeness (QED) is 0.717. The SMILES string of the molecule is CCc1ccc(NC(=O)C(C)N2CCN(CC(=O)Nc3c(C)cccc3C)CC2)cc1. The third-order valence-corrected chi connectivity index (χ3v) is 6.08. The van der Waals surface area contributed by atoms with Crippen molar-refractivity contribution in [2.45, 2.75) is 40.2 Å². The molecule has 6 nitrogen and oxygen atoms in total. The predicted molar refractivity (Wildman–Crippen MR) is 126 cm³/mol. The Bertz CT molecular complexity index is 882. The van der Waals surface area contributed by atoms with Crippen LogP contribution in [0.25, 0.3) is 0 Å². The molecule has 1 saturated heterocycles. The highest BCUT2D eigenvalue weighted by atomic mass is 16.2. The van der Waals surface area contributed by atoms with E-state index in [2.05, 4.69) is 27.4 Å². The van der Waals surface area contributed by atoms with Gasteiger partial charge in [0.15, 0.2) is 0 Å². The van der Waals surface area contributed by atoms with Gasteiger partial charge in [-0.1, -0.05) is 37.3 Å². The van der Waals surface area contributed by atoms with Crippen molar-refractivity contribution in [1.29, 1.82) is 0 Å². The van der Waals surface area contributed by atoms with Gasteiger partial charge in [0, 0.05) is 37.6 Å². The van der Waals surface area contributed by atoms with E-state index in [-0.39, 0.29) is 17.9 Å². The lowest BCUT2D eigenvalue weighted by atomic mass is 10.1. The third kappa shape index (κ3) is 6.15. The van der Waals surface area contributed by atoms with E-state index in [9.17, 15) is 9.59 Å². The lowest BCUT2D eigenvalue weighted by Crippen LogP contribution is -2.53. The number of hydrogen-bond donors (Lipinski definition) is 2. The summed E-state index contributed by atoms with van der Waals surface area (Å²) in [5.74, 6) is 0.0117. The van der Waals surface area contributed by atoms with Crippen molar-refractivity contribution in [2.24, 2.45) is 0 Å².